The van der Waals surface area contributed by atoms with Gasteiger partial charge in [-0.3, -0.25) is 9.59 Å². The Hall–Kier alpha value is -3.40. The molecule has 2 unspecified atom stereocenters. The molecular weight excluding hydrogens is 484 g/mol. The van der Waals surface area contributed by atoms with Gasteiger partial charge in [0.25, 0.3) is 0 Å². The third-order valence-corrected chi connectivity index (χ3v) is 7.33. The lowest BCUT2D eigenvalue weighted by molar-refractivity contribution is -0.113. The lowest BCUT2D eigenvalue weighted by atomic mass is 9.64. The number of allylic oxidation sites excluding steroid dienone is 8. The molecule has 1 aromatic rings. The standard InChI is InChI=1S/C35H46O4/c1-23(2)16-18-28(26(7)8)22-35(21-20-25(5)6)33(38-9)29(19-17-24(3)4)32(37)30(34(35)39-10)31(36)27-14-12-11-13-15-27/h11-15,17,20,28H,1,7,16,18-19,21-22H2,2-6,8-10H3. The van der Waals surface area contributed by atoms with E-state index in [0.717, 1.165) is 35.1 Å². The molecule has 0 amide bonds. The fraction of sp³-hybridized carbons (Fsp3) is 0.429. The van der Waals surface area contributed by atoms with Crippen LogP contribution in [-0.2, 0) is 14.3 Å². The first-order valence-electron chi connectivity index (χ1n) is 13.7. The Kier molecular flexibility index (Phi) is 11.5. The second kappa shape index (κ2) is 14.1. The molecule has 2 atom stereocenters. The Morgan fingerprint density at radius 3 is 2.00 bits per heavy atom. The average Bonchev–Trinajstić information content (AvgIpc) is 2.89. The van der Waals surface area contributed by atoms with E-state index in [-0.39, 0.29) is 23.1 Å². The normalized spacial score (nSPS) is 17.9. The van der Waals surface area contributed by atoms with Gasteiger partial charge in [0.2, 0.25) is 0 Å². The summed E-state index contributed by atoms with van der Waals surface area (Å²) < 4.78 is 12.3. The molecular formula is C35H46O4. The summed E-state index contributed by atoms with van der Waals surface area (Å²) in [5.41, 5.74) is 4.54. The van der Waals surface area contributed by atoms with Crippen molar-refractivity contribution in [3.05, 3.63) is 106 Å². The first-order chi connectivity index (χ1) is 18.4. The monoisotopic (exact) mass is 530 g/mol. The number of rotatable bonds is 14. The number of carbonyl (C=O) groups is 2. The van der Waals surface area contributed by atoms with Crippen LogP contribution in [0.3, 0.4) is 0 Å². The minimum absolute atomic E-state index is 0.0872. The van der Waals surface area contributed by atoms with Gasteiger partial charge in [0, 0.05) is 11.1 Å². The number of hydrogen-bond acceptors (Lipinski definition) is 4. The van der Waals surface area contributed by atoms with Crippen molar-refractivity contribution in [2.75, 3.05) is 14.2 Å². The van der Waals surface area contributed by atoms with Crippen molar-refractivity contribution in [2.45, 2.75) is 73.6 Å². The topological polar surface area (TPSA) is 52.6 Å². The summed E-state index contributed by atoms with van der Waals surface area (Å²) in [5, 5.41) is 0. The van der Waals surface area contributed by atoms with E-state index < -0.39 is 5.41 Å². The highest BCUT2D eigenvalue weighted by Gasteiger charge is 2.51. The molecule has 0 aliphatic heterocycles. The number of methoxy groups -OCH3 is 2. The maximum atomic E-state index is 14.2. The molecule has 1 aromatic carbocycles. The zero-order chi connectivity index (χ0) is 29.3. The molecule has 1 aliphatic rings. The molecule has 210 valence electrons. The Bertz CT molecular complexity index is 1210. The van der Waals surface area contributed by atoms with Crippen LogP contribution in [0.1, 0.15) is 84.0 Å². The molecule has 0 saturated carbocycles. The van der Waals surface area contributed by atoms with Crippen molar-refractivity contribution >= 4 is 11.6 Å². The molecule has 0 fully saturated rings. The van der Waals surface area contributed by atoms with E-state index in [1.807, 2.05) is 53.7 Å². The molecule has 0 spiro atoms. The van der Waals surface area contributed by atoms with Crippen LogP contribution in [0.2, 0.25) is 0 Å². The maximum Gasteiger partial charge on any atom is 0.200 e. The highest BCUT2D eigenvalue weighted by atomic mass is 16.5. The molecule has 1 aliphatic carbocycles. The van der Waals surface area contributed by atoms with Crippen molar-refractivity contribution in [1.29, 1.82) is 0 Å². The van der Waals surface area contributed by atoms with Gasteiger partial charge in [-0.1, -0.05) is 71.4 Å². The predicted molar refractivity (Wildman–Crippen MR) is 161 cm³/mol. The number of ketones is 2. The Balaban J connectivity index is 2.99. The largest absolute Gasteiger partial charge is 0.500 e. The van der Waals surface area contributed by atoms with Gasteiger partial charge in [-0.15, -0.1) is 6.58 Å². The number of benzene rings is 1. The summed E-state index contributed by atoms with van der Waals surface area (Å²) in [6.45, 7) is 20.6. The maximum absolute atomic E-state index is 14.2. The number of Topliss-reactive ketones (excluding diaryl/α,β-unsaturated/α-hetero) is 2. The van der Waals surface area contributed by atoms with E-state index in [9.17, 15) is 9.59 Å². The SMILES string of the molecule is C=C(C)CCC(CC1(CC=C(C)C)C(OC)=C(CC=C(C)C)C(=O)C(C(=O)c2ccccc2)=C1OC)C(=C)C. The third kappa shape index (κ3) is 7.59. The Labute approximate surface area is 235 Å². The van der Waals surface area contributed by atoms with Gasteiger partial charge in [-0.05, 0) is 79.6 Å². The molecule has 4 nitrogen and oxygen atoms in total. The summed E-state index contributed by atoms with van der Waals surface area (Å²) in [7, 11) is 3.17. The van der Waals surface area contributed by atoms with Crippen LogP contribution in [0, 0.1) is 11.3 Å². The van der Waals surface area contributed by atoms with E-state index in [0.29, 0.717) is 41.9 Å². The van der Waals surface area contributed by atoms with Gasteiger partial charge in [-0.2, -0.15) is 0 Å². The summed E-state index contributed by atoms with van der Waals surface area (Å²) in [5.74, 6) is 0.367. The molecule has 0 saturated heterocycles. The zero-order valence-electron chi connectivity index (χ0n) is 25.2. The van der Waals surface area contributed by atoms with Crippen LogP contribution in [0.4, 0.5) is 0 Å². The minimum Gasteiger partial charge on any atom is -0.500 e. The molecule has 0 N–H and O–H groups in total. The quantitative estimate of drug-likeness (QED) is 0.137. The summed E-state index contributed by atoms with van der Waals surface area (Å²) >= 11 is 0. The lowest BCUT2D eigenvalue weighted by Gasteiger charge is -2.43. The van der Waals surface area contributed by atoms with Crippen molar-refractivity contribution in [3.63, 3.8) is 0 Å². The van der Waals surface area contributed by atoms with E-state index in [2.05, 4.69) is 19.2 Å². The van der Waals surface area contributed by atoms with Crippen LogP contribution >= 0.6 is 0 Å². The molecule has 0 bridgehead atoms. The molecule has 0 radical (unpaired) electrons. The van der Waals surface area contributed by atoms with Crippen LogP contribution in [0.25, 0.3) is 0 Å². The first kappa shape index (κ1) is 31.8. The first-order valence-corrected chi connectivity index (χ1v) is 13.7. The van der Waals surface area contributed by atoms with Gasteiger partial charge in [0.15, 0.2) is 11.6 Å². The van der Waals surface area contributed by atoms with E-state index in [1.54, 1.807) is 38.5 Å². The number of hydrogen-bond donors (Lipinski definition) is 0. The van der Waals surface area contributed by atoms with Gasteiger partial charge in [0.1, 0.15) is 17.1 Å². The predicted octanol–water partition coefficient (Wildman–Crippen LogP) is 8.89. The van der Waals surface area contributed by atoms with E-state index in [1.165, 1.54) is 0 Å². The second-order valence-electron chi connectivity index (χ2n) is 11.2. The van der Waals surface area contributed by atoms with E-state index in [4.69, 9.17) is 9.47 Å². The van der Waals surface area contributed by atoms with Crippen LogP contribution < -0.4 is 0 Å². The van der Waals surface area contributed by atoms with Gasteiger partial charge >= 0.3 is 0 Å². The average molecular weight is 531 g/mol. The lowest BCUT2D eigenvalue weighted by Crippen LogP contribution is -2.39. The molecule has 4 heteroatoms. The fourth-order valence-corrected chi connectivity index (χ4v) is 5.23. The van der Waals surface area contributed by atoms with Crippen LogP contribution in [0.15, 0.2) is 101 Å². The number of carbonyl (C=O) groups excluding carboxylic acids is 2. The third-order valence-electron chi connectivity index (χ3n) is 7.33. The van der Waals surface area contributed by atoms with Gasteiger partial charge < -0.3 is 9.47 Å². The van der Waals surface area contributed by atoms with Crippen molar-refractivity contribution < 1.29 is 19.1 Å². The second-order valence-corrected chi connectivity index (χ2v) is 11.2. The van der Waals surface area contributed by atoms with Crippen LogP contribution in [0.5, 0.6) is 0 Å². The smallest absolute Gasteiger partial charge is 0.200 e. The Morgan fingerprint density at radius 1 is 0.923 bits per heavy atom. The fourth-order valence-electron chi connectivity index (χ4n) is 5.23. The van der Waals surface area contributed by atoms with Gasteiger partial charge in [0.05, 0.1) is 19.6 Å². The zero-order valence-corrected chi connectivity index (χ0v) is 25.2. The van der Waals surface area contributed by atoms with Crippen molar-refractivity contribution in [2.24, 2.45) is 11.3 Å². The van der Waals surface area contributed by atoms with Crippen LogP contribution in [-0.4, -0.2) is 25.8 Å². The summed E-state index contributed by atoms with van der Waals surface area (Å²) in [4.78, 5) is 28.2. The number of ether oxygens (including phenoxy) is 2. The highest BCUT2D eigenvalue weighted by molar-refractivity contribution is 6.32. The minimum atomic E-state index is -0.863. The molecule has 0 heterocycles. The molecule has 2 rings (SSSR count). The highest BCUT2D eigenvalue weighted by Crippen LogP contribution is 2.53. The van der Waals surface area contributed by atoms with Gasteiger partial charge in [-0.25, -0.2) is 0 Å². The van der Waals surface area contributed by atoms with E-state index >= 15 is 0 Å². The van der Waals surface area contributed by atoms with Crippen molar-refractivity contribution in [3.8, 4) is 0 Å². The molecule has 0 aromatic heterocycles. The summed E-state index contributed by atoms with van der Waals surface area (Å²) in [6, 6.07) is 8.94. The molecule has 39 heavy (non-hydrogen) atoms. The Morgan fingerprint density at radius 2 is 1.51 bits per heavy atom. The van der Waals surface area contributed by atoms with Crippen molar-refractivity contribution in [1.82, 2.24) is 0 Å². The summed E-state index contributed by atoms with van der Waals surface area (Å²) in [6.07, 6.45) is 7.34.